The molecular formula is C24H28N4O. The first-order chi connectivity index (χ1) is 14.0. The molecule has 1 aromatic heterocycles. The molecule has 2 aromatic carbocycles. The number of hydrazone groups is 1. The van der Waals surface area contributed by atoms with Crippen LogP contribution in [0, 0.1) is 20.8 Å². The SMILES string of the molecule is CC(=NNc1cc(C)c2cc(C)cc(C)c2n1)c1ccc(N2CCOCC2)cc1. The lowest BCUT2D eigenvalue weighted by atomic mass is 10.0. The number of benzene rings is 2. The lowest BCUT2D eigenvalue weighted by molar-refractivity contribution is 0.122. The van der Waals surface area contributed by atoms with E-state index in [0.29, 0.717) is 0 Å². The number of aromatic nitrogens is 1. The Bertz CT molecular complexity index is 1050. The number of hydrogen-bond donors (Lipinski definition) is 1. The van der Waals surface area contributed by atoms with E-state index >= 15 is 0 Å². The quantitative estimate of drug-likeness (QED) is 0.514. The number of anilines is 2. The number of morpholine rings is 1. The van der Waals surface area contributed by atoms with Crippen LogP contribution in [0.3, 0.4) is 0 Å². The third-order valence-corrected chi connectivity index (χ3v) is 5.45. The van der Waals surface area contributed by atoms with Crippen molar-refractivity contribution in [2.24, 2.45) is 5.10 Å². The number of hydrogen-bond acceptors (Lipinski definition) is 5. The number of nitrogens with one attached hydrogen (secondary N) is 1. The van der Waals surface area contributed by atoms with Gasteiger partial charge in [-0.25, -0.2) is 4.98 Å². The molecule has 0 spiro atoms. The highest BCUT2D eigenvalue weighted by molar-refractivity contribution is 5.99. The lowest BCUT2D eigenvalue weighted by Crippen LogP contribution is -2.36. The van der Waals surface area contributed by atoms with Crippen LogP contribution in [0.25, 0.3) is 10.9 Å². The van der Waals surface area contributed by atoms with Crippen molar-refractivity contribution in [3.05, 3.63) is 64.7 Å². The van der Waals surface area contributed by atoms with Gasteiger partial charge in [-0.1, -0.05) is 23.8 Å². The van der Waals surface area contributed by atoms with E-state index in [9.17, 15) is 0 Å². The van der Waals surface area contributed by atoms with Gasteiger partial charge < -0.3 is 9.64 Å². The second kappa shape index (κ2) is 8.21. The van der Waals surface area contributed by atoms with Gasteiger partial charge in [-0.15, -0.1) is 0 Å². The van der Waals surface area contributed by atoms with Gasteiger partial charge in [0, 0.05) is 24.2 Å². The summed E-state index contributed by atoms with van der Waals surface area (Å²) in [4.78, 5) is 7.13. The van der Waals surface area contributed by atoms with E-state index < -0.39 is 0 Å². The molecule has 4 rings (SSSR count). The molecule has 0 amide bonds. The highest BCUT2D eigenvalue weighted by Gasteiger charge is 2.11. The number of ether oxygens (including phenoxy) is 1. The Kier molecular flexibility index (Phi) is 5.49. The Balaban J connectivity index is 1.52. The van der Waals surface area contributed by atoms with E-state index in [0.717, 1.165) is 48.9 Å². The maximum Gasteiger partial charge on any atom is 0.147 e. The molecular weight excluding hydrogens is 360 g/mol. The summed E-state index contributed by atoms with van der Waals surface area (Å²) < 4.78 is 5.43. The number of rotatable bonds is 4. The Hall–Kier alpha value is -2.92. The van der Waals surface area contributed by atoms with Crippen molar-refractivity contribution in [1.29, 1.82) is 0 Å². The standard InChI is InChI=1S/C24H28N4O/c1-16-13-18(3)24-22(14-16)17(2)15-23(25-24)27-26-19(4)20-5-7-21(8-6-20)28-9-11-29-12-10-28/h5-8,13-15H,9-12H2,1-4H3,(H,25,27). The zero-order chi connectivity index (χ0) is 20.4. The third-order valence-electron chi connectivity index (χ3n) is 5.45. The van der Waals surface area contributed by atoms with Crippen LogP contribution in [0.4, 0.5) is 11.5 Å². The predicted octanol–water partition coefficient (Wildman–Crippen LogP) is 4.83. The third kappa shape index (κ3) is 4.25. The molecule has 2 heterocycles. The van der Waals surface area contributed by atoms with Gasteiger partial charge in [0.1, 0.15) is 5.82 Å². The minimum Gasteiger partial charge on any atom is -0.378 e. The van der Waals surface area contributed by atoms with Crippen molar-refractivity contribution < 1.29 is 4.74 Å². The second-order valence-electron chi connectivity index (χ2n) is 7.76. The summed E-state index contributed by atoms with van der Waals surface area (Å²) in [5.74, 6) is 0.770. The minimum atomic E-state index is 0.770. The largest absolute Gasteiger partial charge is 0.378 e. The van der Waals surface area contributed by atoms with Gasteiger partial charge in [-0.2, -0.15) is 5.10 Å². The van der Waals surface area contributed by atoms with E-state index in [4.69, 9.17) is 9.72 Å². The van der Waals surface area contributed by atoms with E-state index in [2.05, 4.69) is 78.7 Å². The average Bonchev–Trinajstić information content (AvgIpc) is 2.73. The molecule has 1 aliphatic rings. The fourth-order valence-corrected chi connectivity index (χ4v) is 3.84. The van der Waals surface area contributed by atoms with Gasteiger partial charge in [0.2, 0.25) is 0 Å². The van der Waals surface area contributed by atoms with Crippen molar-refractivity contribution in [3.8, 4) is 0 Å². The Morgan fingerprint density at radius 2 is 1.72 bits per heavy atom. The van der Waals surface area contributed by atoms with Crippen molar-refractivity contribution in [3.63, 3.8) is 0 Å². The summed E-state index contributed by atoms with van der Waals surface area (Å²) in [6, 6.07) is 15.0. The van der Waals surface area contributed by atoms with Crippen LogP contribution in [0.1, 0.15) is 29.2 Å². The summed E-state index contributed by atoms with van der Waals surface area (Å²) >= 11 is 0. The molecule has 1 saturated heterocycles. The Morgan fingerprint density at radius 3 is 2.45 bits per heavy atom. The summed E-state index contributed by atoms with van der Waals surface area (Å²) in [5.41, 5.74) is 11.1. The lowest BCUT2D eigenvalue weighted by Gasteiger charge is -2.28. The first kappa shape index (κ1) is 19.4. The predicted molar refractivity (Wildman–Crippen MR) is 121 cm³/mol. The van der Waals surface area contributed by atoms with Crippen molar-refractivity contribution in [2.75, 3.05) is 36.6 Å². The molecule has 150 valence electrons. The van der Waals surface area contributed by atoms with Gasteiger partial charge in [0.25, 0.3) is 0 Å². The maximum absolute atomic E-state index is 5.43. The van der Waals surface area contributed by atoms with Crippen molar-refractivity contribution >= 4 is 28.1 Å². The normalized spacial score (nSPS) is 15.0. The highest BCUT2D eigenvalue weighted by Crippen LogP contribution is 2.25. The highest BCUT2D eigenvalue weighted by atomic mass is 16.5. The minimum absolute atomic E-state index is 0.770. The molecule has 5 nitrogen and oxygen atoms in total. The molecule has 0 unspecified atom stereocenters. The van der Waals surface area contributed by atoms with E-state index in [1.54, 1.807) is 0 Å². The molecule has 1 N–H and O–H groups in total. The molecule has 0 atom stereocenters. The molecule has 3 aromatic rings. The maximum atomic E-state index is 5.43. The van der Waals surface area contributed by atoms with Gasteiger partial charge in [0.05, 0.1) is 24.4 Å². The van der Waals surface area contributed by atoms with Crippen LogP contribution in [0.15, 0.2) is 47.6 Å². The molecule has 0 radical (unpaired) electrons. The molecule has 0 saturated carbocycles. The molecule has 1 fully saturated rings. The monoisotopic (exact) mass is 388 g/mol. The molecule has 5 heteroatoms. The van der Waals surface area contributed by atoms with Crippen LogP contribution in [0.2, 0.25) is 0 Å². The fraction of sp³-hybridized carbons (Fsp3) is 0.333. The number of fused-ring (bicyclic) bond motifs is 1. The summed E-state index contributed by atoms with van der Waals surface area (Å²) in [6.07, 6.45) is 0. The number of aryl methyl sites for hydroxylation is 3. The summed E-state index contributed by atoms with van der Waals surface area (Å²) in [6.45, 7) is 11.8. The van der Waals surface area contributed by atoms with Crippen molar-refractivity contribution in [1.82, 2.24) is 4.98 Å². The van der Waals surface area contributed by atoms with Crippen LogP contribution in [-0.4, -0.2) is 37.0 Å². The first-order valence-electron chi connectivity index (χ1n) is 10.1. The van der Waals surface area contributed by atoms with Crippen LogP contribution >= 0.6 is 0 Å². The van der Waals surface area contributed by atoms with Gasteiger partial charge in [-0.3, -0.25) is 5.43 Å². The topological polar surface area (TPSA) is 49.8 Å². The average molecular weight is 389 g/mol. The molecule has 29 heavy (non-hydrogen) atoms. The summed E-state index contributed by atoms with van der Waals surface area (Å²) in [5, 5.41) is 5.77. The van der Waals surface area contributed by atoms with Crippen LogP contribution in [-0.2, 0) is 4.74 Å². The number of pyridine rings is 1. The Morgan fingerprint density at radius 1 is 1.00 bits per heavy atom. The van der Waals surface area contributed by atoms with Gasteiger partial charge in [0.15, 0.2) is 0 Å². The zero-order valence-corrected chi connectivity index (χ0v) is 17.6. The smallest absolute Gasteiger partial charge is 0.147 e. The Labute approximate surface area is 172 Å². The van der Waals surface area contributed by atoms with Gasteiger partial charge in [-0.05, 0) is 68.7 Å². The van der Waals surface area contributed by atoms with Crippen molar-refractivity contribution in [2.45, 2.75) is 27.7 Å². The van der Waals surface area contributed by atoms with E-state index in [1.807, 2.05) is 6.92 Å². The fourth-order valence-electron chi connectivity index (χ4n) is 3.84. The molecule has 1 aliphatic heterocycles. The molecule has 0 bridgehead atoms. The van der Waals surface area contributed by atoms with E-state index in [1.165, 1.54) is 27.8 Å². The van der Waals surface area contributed by atoms with Gasteiger partial charge >= 0.3 is 0 Å². The van der Waals surface area contributed by atoms with Crippen LogP contribution in [0.5, 0.6) is 0 Å². The summed E-state index contributed by atoms with van der Waals surface area (Å²) in [7, 11) is 0. The zero-order valence-electron chi connectivity index (χ0n) is 17.6. The number of nitrogens with zero attached hydrogens (tertiary/aromatic N) is 3. The first-order valence-corrected chi connectivity index (χ1v) is 10.1. The molecule has 0 aliphatic carbocycles. The van der Waals surface area contributed by atoms with Crippen LogP contribution < -0.4 is 10.3 Å². The second-order valence-corrected chi connectivity index (χ2v) is 7.76. The van der Waals surface area contributed by atoms with E-state index in [-0.39, 0.29) is 0 Å².